The van der Waals surface area contributed by atoms with Gasteiger partial charge < -0.3 is 4.57 Å². The monoisotopic (exact) mass is 306 g/mol. The van der Waals surface area contributed by atoms with Gasteiger partial charge in [-0.05, 0) is 31.2 Å². The maximum atomic E-state index is 12.2. The molecule has 0 unspecified atom stereocenters. The maximum absolute atomic E-state index is 12.2. The SMILES string of the molecule is CC(=O)c1ccc(S(=O)(=O)Nc2cccn(C)c2=O)cc1. The fourth-order valence-electron chi connectivity index (χ4n) is 1.75. The van der Waals surface area contributed by atoms with Gasteiger partial charge >= 0.3 is 0 Å². The predicted molar refractivity (Wildman–Crippen MR) is 78.9 cm³/mol. The van der Waals surface area contributed by atoms with Crippen LogP contribution in [-0.2, 0) is 17.1 Å². The van der Waals surface area contributed by atoms with Gasteiger partial charge in [-0.2, -0.15) is 0 Å². The Kier molecular flexibility index (Phi) is 3.95. The van der Waals surface area contributed by atoms with Crippen molar-refractivity contribution >= 4 is 21.5 Å². The summed E-state index contributed by atoms with van der Waals surface area (Å²) < 4.78 is 27.9. The minimum Gasteiger partial charge on any atom is -0.317 e. The molecule has 0 amide bonds. The molecule has 0 spiro atoms. The van der Waals surface area contributed by atoms with E-state index in [4.69, 9.17) is 0 Å². The predicted octanol–water partition coefficient (Wildman–Crippen LogP) is 1.39. The molecule has 6 nitrogen and oxygen atoms in total. The number of benzene rings is 1. The molecule has 0 aliphatic carbocycles. The number of sulfonamides is 1. The first-order chi connectivity index (χ1) is 9.81. The van der Waals surface area contributed by atoms with E-state index in [9.17, 15) is 18.0 Å². The highest BCUT2D eigenvalue weighted by molar-refractivity contribution is 7.92. The van der Waals surface area contributed by atoms with Crippen LogP contribution in [0.25, 0.3) is 0 Å². The van der Waals surface area contributed by atoms with Gasteiger partial charge in [-0.15, -0.1) is 0 Å². The summed E-state index contributed by atoms with van der Waals surface area (Å²) in [6.07, 6.45) is 1.53. The first-order valence-corrected chi connectivity index (χ1v) is 7.59. The molecule has 0 atom stereocenters. The number of Topliss-reactive ketones (excluding diaryl/α,β-unsaturated/α-hetero) is 1. The molecule has 7 heteroatoms. The number of aryl methyl sites for hydroxylation is 1. The zero-order valence-corrected chi connectivity index (χ0v) is 12.3. The number of nitrogens with zero attached hydrogens (tertiary/aromatic N) is 1. The first-order valence-electron chi connectivity index (χ1n) is 6.11. The summed E-state index contributed by atoms with van der Waals surface area (Å²) in [6.45, 7) is 1.40. The van der Waals surface area contributed by atoms with Crippen molar-refractivity contribution in [3.05, 3.63) is 58.5 Å². The van der Waals surface area contributed by atoms with Gasteiger partial charge in [0.05, 0.1) is 4.90 Å². The van der Waals surface area contributed by atoms with Gasteiger partial charge in [-0.25, -0.2) is 8.42 Å². The van der Waals surface area contributed by atoms with Crippen molar-refractivity contribution in [1.29, 1.82) is 0 Å². The number of anilines is 1. The first kappa shape index (κ1) is 15.0. The van der Waals surface area contributed by atoms with Gasteiger partial charge in [0.1, 0.15) is 5.69 Å². The quantitative estimate of drug-likeness (QED) is 0.865. The molecule has 2 rings (SSSR count). The smallest absolute Gasteiger partial charge is 0.274 e. The molecule has 0 bridgehead atoms. The summed E-state index contributed by atoms with van der Waals surface area (Å²) in [7, 11) is -2.34. The Labute approximate surface area is 122 Å². The molecule has 0 radical (unpaired) electrons. The summed E-state index contributed by atoms with van der Waals surface area (Å²) in [5.74, 6) is -0.149. The summed E-state index contributed by atoms with van der Waals surface area (Å²) in [5, 5.41) is 0. The van der Waals surface area contributed by atoms with E-state index in [0.29, 0.717) is 5.56 Å². The van der Waals surface area contributed by atoms with E-state index in [1.807, 2.05) is 0 Å². The minimum atomic E-state index is -3.87. The van der Waals surface area contributed by atoms with E-state index in [1.165, 1.54) is 55.1 Å². The molecule has 0 saturated heterocycles. The average Bonchev–Trinajstić information content (AvgIpc) is 2.44. The largest absolute Gasteiger partial charge is 0.317 e. The highest BCUT2D eigenvalue weighted by Crippen LogP contribution is 2.14. The van der Waals surface area contributed by atoms with Crippen molar-refractivity contribution < 1.29 is 13.2 Å². The fraction of sp³-hybridized carbons (Fsp3) is 0.143. The summed E-state index contributed by atoms with van der Waals surface area (Å²) in [5.41, 5.74) is -0.0540. The molecular formula is C14H14N2O4S. The molecular weight excluding hydrogens is 292 g/mol. The van der Waals surface area contributed by atoms with Gasteiger partial charge in [0.15, 0.2) is 5.78 Å². The van der Waals surface area contributed by atoms with Crippen LogP contribution in [0.3, 0.4) is 0 Å². The third-order valence-electron chi connectivity index (χ3n) is 2.94. The Morgan fingerprint density at radius 2 is 1.76 bits per heavy atom. The number of ketones is 1. The summed E-state index contributed by atoms with van der Waals surface area (Å²) in [6, 6.07) is 8.47. The molecule has 0 aliphatic rings. The van der Waals surface area contributed by atoms with E-state index in [2.05, 4.69) is 4.72 Å². The summed E-state index contributed by atoms with van der Waals surface area (Å²) >= 11 is 0. The average molecular weight is 306 g/mol. The molecule has 0 saturated carbocycles. The van der Waals surface area contributed by atoms with Crippen LogP contribution >= 0.6 is 0 Å². The molecule has 1 N–H and O–H groups in total. The second-order valence-electron chi connectivity index (χ2n) is 4.52. The van der Waals surface area contributed by atoms with Gasteiger partial charge in [0, 0.05) is 18.8 Å². The molecule has 21 heavy (non-hydrogen) atoms. The Balaban J connectivity index is 2.36. The molecule has 0 aliphatic heterocycles. The van der Waals surface area contributed by atoms with E-state index in [-0.39, 0.29) is 16.4 Å². The normalized spacial score (nSPS) is 11.1. The number of hydrogen-bond acceptors (Lipinski definition) is 4. The maximum Gasteiger partial charge on any atom is 0.274 e. The number of carbonyl (C=O) groups is 1. The Morgan fingerprint density at radius 3 is 2.33 bits per heavy atom. The van der Waals surface area contributed by atoms with Gasteiger partial charge in [0.2, 0.25) is 0 Å². The number of pyridine rings is 1. The summed E-state index contributed by atoms with van der Waals surface area (Å²) in [4.78, 5) is 23.0. The van der Waals surface area contributed by atoms with Crippen LogP contribution in [0.4, 0.5) is 5.69 Å². The van der Waals surface area contributed by atoms with Crippen molar-refractivity contribution in [2.24, 2.45) is 7.05 Å². The van der Waals surface area contributed by atoms with Crippen molar-refractivity contribution in [2.45, 2.75) is 11.8 Å². The lowest BCUT2D eigenvalue weighted by atomic mass is 10.2. The Morgan fingerprint density at radius 1 is 1.14 bits per heavy atom. The van der Waals surface area contributed by atoms with E-state index >= 15 is 0 Å². The Bertz CT molecular complexity index is 836. The third-order valence-corrected chi connectivity index (χ3v) is 4.32. The molecule has 1 aromatic heterocycles. The molecule has 1 aromatic carbocycles. The van der Waals surface area contributed by atoms with Crippen molar-refractivity contribution in [1.82, 2.24) is 4.57 Å². The van der Waals surface area contributed by atoms with Crippen molar-refractivity contribution in [3.63, 3.8) is 0 Å². The third kappa shape index (κ3) is 3.19. The molecule has 2 aromatic rings. The van der Waals surface area contributed by atoms with Crippen LogP contribution in [0.15, 0.2) is 52.3 Å². The topological polar surface area (TPSA) is 85.2 Å². The van der Waals surface area contributed by atoms with Gasteiger partial charge in [0.25, 0.3) is 15.6 Å². The number of carbonyl (C=O) groups excluding carboxylic acids is 1. The van der Waals surface area contributed by atoms with E-state index in [1.54, 1.807) is 6.07 Å². The van der Waals surface area contributed by atoms with E-state index < -0.39 is 15.6 Å². The molecule has 0 fully saturated rings. The van der Waals surface area contributed by atoms with Gasteiger partial charge in [-0.3, -0.25) is 14.3 Å². The van der Waals surface area contributed by atoms with Crippen LogP contribution in [-0.4, -0.2) is 18.8 Å². The molecule has 1 heterocycles. The molecule has 110 valence electrons. The van der Waals surface area contributed by atoms with Crippen LogP contribution in [0.1, 0.15) is 17.3 Å². The Hall–Kier alpha value is -2.41. The second kappa shape index (κ2) is 5.53. The van der Waals surface area contributed by atoms with Crippen LogP contribution in [0.2, 0.25) is 0 Å². The second-order valence-corrected chi connectivity index (χ2v) is 6.21. The van der Waals surface area contributed by atoms with E-state index in [0.717, 1.165) is 0 Å². The van der Waals surface area contributed by atoms with Crippen molar-refractivity contribution in [2.75, 3.05) is 4.72 Å². The number of hydrogen-bond donors (Lipinski definition) is 1. The number of rotatable bonds is 4. The lowest BCUT2D eigenvalue weighted by Gasteiger charge is -2.08. The standard InChI is InChI=1S/C14H14N2O4S/c1-10(17)11-5-7-12(8-6-11)21(19,20)15-13-4-3-9-16(2)14(13)18/h3-9,15H,1-2H3. The number of aromatic nitrogens is 1. The number of nitrogens with one attached hydrogen (secondary N) is 1. The van der Waals surface area contributed by atoms with Crippen LogP contribution in [0.5, 0.6) is 0 Å². The lowest BCUT2D eigenvalue weighted by Crippen LogP contribution is -2.23. The van der Waals surface area contributed by atoms with Crippen molar-refractivity contribution in [3.8, 4) is 0 Å². The lowest BCUT2D eigenvalue weighted by molar-refractivity contribution is 0.101. The zero-order chi connectivity index (χ0) is 15.6. The minimum absolute atomic E-state index is 0.0154. The fourth-order valence-corrected chi connectivity index (χ4v) is 2.80. The van der Waals surface area contributed by atoms with Crippen LogP contribution < -0.4 is 10.3 Å². The van der Waals surface area contributed by atoms with Crippen LogP contribution in [0, 0.1) is 0 Å². The van der Waals surface area contributed by atoms with Gasteiger partial charge in [-0.1, -0.05) is 12.1 Å². The highest BCUT2D eigenvalue weighted by Gasteiger charge is 2.16. The zero-order valence-electron chi connectivity index (χ0n) is 11.5. The highest BCUT2D eigenvalue weighted by atomic mass is 32.2.